The van der Waals surface area contributed by atoms with Crippen molar-refractivity contribution in [3.8, 4) is 11.4 Å². The zero-order chi connectivity index (χ0) is 29.9. The zero-order valence-corrected chi connectivity index (χ0v) is 25.0. The number of esters is 1. The molecule has 3 heterocycles. The van der Waals surface area contributed by atoms with Crippen LogP contribution in [0.1, 0.15) is 48.9 Å². The van der Waals surface area contributed by atoms with Crippen LogP contribution in [0, 0.1) is 5.82 Å². The highest BCUT2D eigenvalue weighted by Crippen LogP contribution is 2.39. The van der Waals surface area contributed by atoms with E-state index < -0.39 is 28.9 Å². The number of carbonyl (C=O) groups excluding carboxylic acids is 2. The molecule has 0 fully saturated rings. The van der Waals surface area contributed by atoms with Crippen molar-refractivity contribution in [2.24, 2.45) is 0 Å². The van der Waals surface area contributed by atoms with Crippen molar-refractivity contribution in [1.29, 1.82) is 0 Å². The summed E-state index contributed by atoms with van der Waals surface area (Å²) in [6, 6.07) is 6.05. The summed E-state index contributed by atoms with van der Waals surface area (Å²) >= 11 is 1.50. The van der Waals surface area contributed by atoms with Gasteiger partial charge in [-0.3, -0.25) is 14.4 Å². The Morgan fingerprint density at radius 2 is 2.00 bits per heavy atom. The molecular weight excluding hydrogens is 547 g/mol. The number of nitrogens with zero attached hydrogens (tertiary/aromatic N) is 3. The molecule has 0 radical (unpaired) electrons. The summed E-state index contributed by atoms with van der Waals surface area (Å²) in [5.41, 5.74) is 0.746. The molecule has 2 N–H and O–H groups in total. The van der Waals surface area contributed by atoms with Crippen molar-refractivity contribution in [1.82, 2.24) is 19.8 Å². The van der Waals surface area contributed by atoms with E-state index in [1.165, 1.54) is 28.5 Å². The fourth-order valence-electron chi connectivity index (χ4n) is 5.26. The van der Waals surface area contributed by atoms with Gasteiger partial charge in [-0.05, 0) is 57.0 Å². The topological polar surface area (TPSA) is 114 Å². The molecule has 11 heteroatoms. The Morgan fingerprint density at radius 3 is 2.66 bits per heavy atom. The Kier molecular flexibility index (Phi) is 9.51. The van der Waals surface area contributed by atoms with Crippen molar-refractivity contribution in [2.45, 2.75) is 51.9 Å². The number of halogens is 1. The van der Waals surface area contributed by atoms with Gasteiger partial charge in [-0.1, -0.05) is 13.8 Å². The van der Waals surface area contributed by atoms with E-state index in [1.807, 2.05) is 32.2 Å². The van der Waals surface area contributed by atoms with Crippen LogP contribution < -0.4 is 10.9 Å². The smallest absolute Gasteiger partial charge is 0.306 e. The molecular formula is C30H37FN4O5S. The molecule has 1 aliphatic heterocycles. The highest BCUT2D eigenvalue weighted by atomic mass is 32.2. The van der Waals surface area contributed by atoms with Crippen molar-refractivity contribution in [3.63, 3.8) is 0 Å². The molecule has 0 spiro atoms. The molecule has 1 atom stereocenters. The highest BCUT2D eigenvalue weighted by Gasteiger charge is 2.41. The minimum Gasteiger partial charge on any atom is -0.461 e. The van der Waals surface area contributed by atoms with Gasteiger partial charge in [-0.2, -0.15) is 11.8 Å². The van der Waals surface area contributed by atoms with Gasteiger partial charge in [0.25, 0.3) is 11.5 Å². The van der Waals surface area contributed by atoms with E-state index in [-0.39, 0.29) is 37.1 Å². The van der Waals surface area contributed by atoms with Gasteiger partial charge in [0.15, 0.2) is 5.60 Å². The first-order valence-electron chi connectivity index (χ1n) is 13.7. The van der Waals surface area contributed by atoms with Gasteiger partial charge in [-0.25, -0.2) is 9.37 Å². The van der Waals surface area contributed by atoms with Crippen molar-refractivity contribution in [3.05, 3.63) is 62.7 Å². The molecule has 1 aliphatic rings. The van der Waals surface area contributed by atoms with Crippen LogP contribution in [0.3, 0.4) is 0 Å². The average molecular weight is 585 g/mol. The SMILES string of the molecule is CCc1c2c(nc3cc(F)ccc13)-c1cc([C@@](O)(CC)C(=O)NCCN(C)C)c(COC(=O)CCSC)c(=O)n1C2. The molecule has 2 aromatic heterocycles. The van der Waals surface area contributed by atoms with Crippen molar-refractivity contribution >= 4 is 34.5 Å². The molecule has 0 unspecified atom stereocenters. The molecule has 0 saturated carbocycles. The van der Waals surface area contributed by atoms with Crippen LogP contribution in [-0.4, -0.2) is 70.6 Å². The average Bonchev–Trinajstić information content (AvgIpc) is 3.31. The summed E-state index contributed by atoms with van der Waals surface area (Å²) in [5, 5.41) is 15.4. The van der Waals surface area contributed by atoms with Gasteiger partial charge in [0, 0.05) is 41.4 Å². The summed E-state index contributed by atoms with van der Waals surface area (Å²) < 4.78 is 21.2. The third-order valence-electron chi connectivity index (χ3n) is 7.55. The molecule has 1 aromatic carbocycles. The minimum atomic E-state index is -2.07. The molecule has 9 nitrogen and oxygen atoms in total. The number of hydrogen-bond donors (Lipinski definition) is 2. The predicted octanol–water partition coefficient (Wildman–Crippen LogP) is 3.20. The zero-order valence-electron chi connectivity index (χ0n) is 24.2. The van der Waals surface area contributed by atoms with Gasteiger partial charge in [0.1, 0.15) is 12.4 Å². The summed E-state index contributed by atoms with van der Waals surface area (Å²) in [4.78, 5) is 46.5. The largest absolute Gasteiger partial charge is 0.461 e. The Hall–Kier alpha value is -3.28. The Morgan fingerprint density at radius 1 is 1.24 bits per heavy atom. The van der Waals surface area contributed by atoms with Crippen LogP contribution in [0.2, 0.25) is 0 Å². The number of hydrogen-bond acceptors (Lipinski definition) is 8. The van der Waals surface area contributed by atoms with Gasteiger partial charge in [0.2, 0.25) is 0 Å². The third-order valence-corrected chi connectivity index (χ3v) is 8.16. The molecule has 220 valence electrons. The summed E-state index contributed by atoms with van der Waals surface area (Å²) in [5.74, 6) is -0.979. The second-order valence-electron chi connectivity index (χ2n) is 10.4. The molecule has 4 rings (SSSR count). The molecule has 3 aromatic rings. The number of aromatic nitrogens is 2. The fraction of sp³-hybridized carbons (Fsp3) is 0.467. The monoisotopic (exact) mass is 584 g/mol. The lowest BCUT2D eigenvalue weighted by atomic mass is 9.86. The van der Waals surface area contributed by atoms with Crippen LogP contribution in [0.4, 0.5) is 4.39 Å². The normalized spacial score (nSPS) is 13.7. The quantitative estimate of drug-likeness (QED) is 0.244. The number of ether oxygens (including phenoxy) is 1. The fourth-order valence-corrected chi connectivity index (χ4v) is 5.63. The van der Waals surface area contributed by atoms with E-state index in [0.717, 1.165) is 16.5 Å². The Bertz CT molecular complexity index is 1540. The summed E-state index contributed by atoms with van der Waals surface area (Å²) in [7, 11) is 3.74. The van der Waals surface area contributed by atoms with E-state index in [9.17, 15) is 23.9 Å². The molecule has 0 aliphatic carbocycles. The number of rotatable bonds is 12. The van der Waals surface area contributed by atoms with Crippen LogP contribution >= 0.6 is 11.8 Å². The van der Waals surface area contributed by atoms with Gasteiger partial charge in [0.05, 0.1) is 35.4 Å². The highest BCUT2D eigenvalue weighted by molar-refractivity contribution is 7.98. The number of amides is 1. The number of aryl methyl sites for hydroxylation is 1. The first-order chi connectivity index (χ1) is 19.5. The van der Waals surface area contributed by atoms with E-state index in [0.29, 0.717) is 42.2 Å². The van der Waals surface area contributed by atoms with Crippen LogP contribution in [-0.2, 0) is 39.5 Å². The maximum absolute atomic E-state index is 14.2. The summed E-state index contributed by atoms with van der Waals surface area (Å²) in [6.45, 7) is 4.33. The van der Waals surface area contributed by atoms with Crippen molar-refractivity contribution < 1.29 is 23.8 Å². The lowest BCUT2D eigenvalue weighted by Gasteiger charge is -2.29. The van der Waals surface area contributed by atoms with Gasteiger partial charge < -0.3 is 24.6 Å². The lowest BCUT2D eigenvalue weighted by Crippen LogP contribution is -2.47. The maximum Gasteiger partial charge on any atom is 0.306 e. The molecule has 0 bridgehead atoms. The number of nitrogens with one attached hydrogen (secondary N) is 1. The molecule has 1 amide bonds. The number of carbonyl (C=O) groups is 2. The molecule has 41 heavy (non-hydrogen) atoms. The number of aliphatic hydroxyl groups is 1. The number of pyridine rings is 2. The summed E-state index contributed by atoms with van der Waals surface area (Å²) in [6.07, 6.45) is 2.66. The number of benzene rings is 1. The van der Waals surface area contributed by atoms with E-state index in [1.54, 1.807) is 19.1 Å². The Labute approximate surface area is 243 Å². The Balaban J connectivity index is 1.89. The van der Waals surface area contributed by atoms with Gasteiger partial charge in [-0.15, -0.1) is 0 Å². The predicted molar refractivity (Wildman–Crippen MR) is 158 cm³/mol. The number of fused-ring (bicyclic) bond motifs is 4. The third kappa shape index (κ3) is 6.02. The van der Waals surface area contributed by atoms with Gasteiger partial charge >= 0.3 is 5.97 Å². The first-order valence-corrected chi connectivity index (χ1v) is 15.1. The van der Waals surface area contributed by atoms with Crippen LogP contribution in [0.15, 0.2) is 29.1 Å². The maximum atomic E-state index is 14.2. The second-order valence-corrected chi connectivity index (χ2v) is 11.4. The minimum absolute atomic E-state index is 0.0272. The van der Waals surface area contributed by atoms with E-state index >= 15 is 0 Å². The second kappa shape index (κ2) is 12.7. The number of likely N-dealkylation sites (N-methyl/N-ethyl adjacent to an activating group) is 1. The standard InChI is InChI=1S/C30H37FN4O5S/c1-6-19-20-9-8-18(31)14-24(20)33-27-21(19)16-35-25(27)15-23(22(28(35)37)17-40-26(36)10-13-41-5)30(39,7-2)29(38)32-11-12-34(3)4/h8-9,14-15,39H,6-7,10-13,16-17H2,1-5H3,(H,32,38)/t30-/m0/s1. The van der Waals surface area contributed by atoms with Crippen LogP contribution in [0.5, 0.6) is 0 Å². The molecule has 0 saturated heterocycles. The van der Waals surface area contributed by atoms with E-state index in [2.05, 4.69) is 5.32 Å². The van der Waals surface area contributed by atoms with Crippen molar-refractivity contribution in [2.75, 3.05) is 39.2 Å². The lowest BCUT2D eigenvalue weighted by molar-refractivity contribution is -0.144. The van der Waals surface area contributed by atoms with Crippen LogP contribution in [0.25, 0.3) is 22.3 Å². The van der Waals surface area contributed by atoms with E-state index in [4.69, 9.17) is 9.72 Å². The first kappa shape index (κ1) is 30.7. The number of thioether (sulfide) groups is 1.